The lowest BCUT2D eigenvalue weighted by Gasteiger charge is -2.29. The number of carbonyl (C=O) groups excluding carboxylic acids is 2. The van der Waals surface area contributed by atoms with Crippen LogP contribution in [0.25, 0.3) is 0 Å². The normalized spacial score (nSPS) is 23.9. The molecule has 2 fully saturated rings. The van der Waals surface area contributed by atoms with E-state index >= 15 is 0 Å². The molecule has 0 aromatic carbocycles. The van der Waals surface area contributed by atoms with Crippen LogP contribution in [-0.4, -0.2) is 39.0 Å². The fourth-order valence-corrected chi connectivity index (χ4v) is 3.42. The second-order valence-corrected chi connectivity index (χ2v) is 6.10. The Morgan fingerprint density at radius 3 is 2.52 bits per heavy atom. The minimum absolute atomic E-state index is 0.0387. The van der Waals surface area contributed by atoms with Crippen molar-refractivity contribution >= 4 is 17.5 Å². The van der Waals surface area contributed by atoms with Crippen molar-refractivity contribution < 1.29 is 9.59 Å². The Balaban J connectivity index is 1.74. The number of hydrogen-bond acceptors (Lipinski definition) is 4. The quantitative estimate of drug-likeness (QED) is 0.833. The number of hydrogen-bond donors (Lipinski definition) is 2. The van der Waals surface area contributed by atoms with Gasteiger partial charge in [-0.3, -0.25) is 19.6 Å². The highest BCUT2D eigenvalue weighted by Gasteiger charge is 2.42. The number of nitrogens with zero attached hydrogens (tertiary/aromatic N) is 2. The molecule has 1 aromatic rings. The molecule has 2 heterocycles. The minimum Gasteiger partial charge on any atom is -0.370 e. The molecule has 0 radical (unpaired) electrons. The van der Waals surface area contributed by atoms with E-state index in [1.807, 2.05) is 13.8 Å². The summed E-state index contributed by atoms with van der Waals surface area (Å²) in [5.74, 6) is -0.116. The van der Waals surface area contributed by atoms with Crippen molar-refractivity contribution in [1.29, 1.82) is 0 Å². The summed E-state index contributed by atoms with van der Waals surface area (Å²) in [6, 6.07) is -0.341. The smallest absolute Gasteiger partial charge is 0.252 e. The standard InChI is InChI=1S/C15H22N4O2/c1-9-14(10(2)18-17-9)16-12-8-13(20)19(15(12)21)11-6-4-3-5-7-11/h11-12,16H,3-8H2,1-2H3,(H,17,18). The average Bonchev–Trinajstić information content (AvgIpc) is 2.94. The van der Waals surface area contributed by atoms with Crippen LogP contribution >= 0.6 is 0 Å². The molecule has 1 aliphatic heterocycles. The zero-order valence-corrected chi connectivity index (χ0v) is 12.6. The Hall–Kier alpha value is -1.85. The van der Waals surface area contributed by atoms with Crippen molar-refractivity contribution in [3.63, 3.8) is 0 Å². The lowest BCUT2D eigenvalue weighted by atomic mass is 9.94. The van der Waals surface area contributed by atoms with E-state index in [9.17, 15) is 9.59 Å². The summed E-state index contributed by atoms with van der Waals surface area (Å²) in [4.78, 5) is 26.3. The number of anilines is 1. The number of aromatic nitrogens is 2. The Morgan fingerprint density at radius 2 is 1.90 bits per heavy atom. The molecule has 2 N–H and O–H groups in total. The van der Waals surface area contributed by atoms with E-state index in [2.05, 4.69) is 15.5 Å². The number of carbonyl (C=O) groups is 2. The number of rotatable bonds is 3. The van der Waals surface area contributed by atoms with Crippen LogP contribution in [0.1, 0.15) is 49.9 Å². The van der Waals surface area contributed by atoms with E-state index in [0.29, 0.717) is 0 Å². The zero-order chi connectivity index (χ0) is 15.0. The number of amides is 2. The zero-order valence-electron chi connectivity index (χ0n) is 12.6. The second-order valence-electron chi connectivity index (χ2n) is 6.10. The van der Waals surface area contributed by atoms with Gasteiger partial charge in [0.2, 0.25) is 5.91 Å². The van der Waals surface area contributed by atoms with Gasteiger partial charge in [0.15, 0.2) is 0 Å². The van der Waals surface area contributed by atoms with Crippen molar-refractivity contribution in [2.24, 2.45) is 0 Å². The maximum absolute atomic E-state index is 12.6. The molecule has 1 atom stereocenters. The molecule has 0 bridgehead atoms. The topological polar surface area (TPSA) is 78.1 Å². The fourth-order valence-electron chi connectivity index (χ4n) is 3.42. The molecule has 1 aromatic heterocycles. The van der Waals surface area contributed by atoms with Gasteiger partial charge in [-0.2, -0.15) is 5.10 Å². The lowest BCUT2D eigenvalue weighted by molar-refractivity contribution is -0.141. The maximum atomic E-state index is 12.6. The molecule has 2 aliphatic rings. The third-order valence-electron chi connectivity index (χ3n) is 4.57. The number of H-pyrrole nitrogens is 1. The number of aromatic amines is 1. The lowest BCUT2D eigenvalue weighted by Crippen LogP contribution is -2.43. The van der Waals surface area contributed by atoms with Gasteiger partial charge in [0.05, 0.1) is 23.5 Å². The number of imide groups is 1. The molecule has 21 heavy (non-hydrogen) atoms. The van der Waals surface area contributed by atoms with Crippen LogP contribution in [0.3, 0.4) is 0 Å². The van der Waals surface area contributed by atoms with E-state index in [4.69, 9.17) is 0 Å². The highest BCUT2D eigenvalue weighted by atomic mass is 16.2. The summed E-state index contributed by atoms with van der Waals surface area (Å²) in [5.41, 5.74) is 2.55. The van der Waals surface area contributed by atoms with Gasteiger partial charge in [-0.25, -0.2) is 0 Å². The number of likely N-dealkylation sites (tertiary alicyclic amines) is 1. The van der Waals surface area contributed by atoms with Gasteiger partial charge in [0.25, 0.3) is 5.91 Å². The number of aryl methyl sites for hydroxylation is 2. The van der Waals surface area contributed by atoms with Crippen LogP contribution in [0.4, 0.5) is 5.69 Å². The molecule has 6 heteroatoms. The summed E-state index contributed by atoms with van der Waals surface area (Å²) in [6.45, 7) is 3.79. The van der Waals surface area contributed by atoms with Crippen LogP contribution < -0.4 is 5.32 Å². The predicted octanol–water partition coefficient (Wildman–Crippen LogP) is 1.90. The average molecular weight is 290 g/mol. The van der Waals surface area contributed by atoms with Crippen LogP contribution in [0.15, 0.2) is 0 Å². The third-order valence-corrected chi connectivity index (χ3v) is 4.57. The summed E-state index contributed by atoms with van der Waals surface area (Å²) < 4.78 is 0. The highest BCUT2D eigenvalue weighted by molar-refractivity contribution is 6.07. The van der Waals surface area contributed by atoms with Crippen LogP contribution in [0.5, 0.6) is 0 Å². The van der Waals surface area contributed by atoms with Crippen molar-refractivity contribution in [1.82, 2.24) is 15.1 Å². The van der Waals surface area contributed by atoms with Gasteiger partial charge < -0.3 is 5.32 Å². The Labute approximate surface area is 124 Å². The minimum atomic E-state index is -0.450. The molecule has 0 spiro atoms. The van der Waals surface area contributed by atoms with E-state index in [-0.39, 0.29) is 24.3 Å². The van der Waals surface area contributed by atoms with Gasteiger partial charge >= 0.3 is 0 Å². The molecule has 114 valence electrons. The Morgan fingerprint density at radius 1 is 1.19 bits per heavy atom. The highest BCUT2D eigenvalue weighted by Crippen LogP contribution is 2.29. The van der Waals surface area contributed by atoms with Crippen molar-refractivity contribution in [3.8, 4) is 0 Å². The summed E-state index contributed by atoms with van der Waals surface area (Å²) >= 11 is 0. The molecular weight excluding hydrogens is 268 g/mol. The molecule has 1 aliphatic carbocycles. The first-order valence-electron chi connectivity index (χ1n) is 7.72. The first-order valence-corrected chi connectivity index (χ1v) is 7.72. The first kappa shape index (κ1) is 14.1. The third kappa shape index (κ3) is 2.54. The first-order chi connectivity index (χ1) is 10.1. The van der Waals surface area contributed by atoms with E-state index < -0.39 is 6.04 Å². The Kier molecular flexibility index (Phi) is 3.69. The molecule has 2 amide bonds. The van der Waals surface area contributed by atoms with E-state index in [0.717, 1.165) is 42.8 Å². The Bertz CT molecular complexity index is 541. The SMILES string of the molecule is Cc1n[nH]c(C)c1NC1CC(=O)N(C2CCCCC2)C1=O. The van der Waals surface area contributed by atoms with Gasteiger partial charge in [-0.1, -0.05) is 19.3 Å². The molecule has 1 unspecified atom stereocenters. The van der Waals surface area contributed by atoms with Gasteiger partial charge in [-0.05, 0) is 26.7 Å². The van der Waals surface area contributed by atoms with Crippen molar-refractivity contribution in [2.45, 2.75) is 64.5 Å². The summed E-state index contributed by atoms with van der Waals surface area (Å²) in [5, 5.41) is 10.2. The molecular formula is C15H22N4O2. The van der Waals surface area contributed by atoms with Crippen molar-refractivity contribution in [3.05, 3.63) is 11.4 Å². The van der Waals surface area contributed by atoms with Gasteiger partial charge in [0.1, 0.15) is 6.04 Å². The summed E-state index contributed by atoms with van der Waals surface area (Å²) in [7, 11) is 0. The number of nitrogens with one attached hydrogen (secondary N) is 2. The van der Waals surface area contributed by atoms with E-state index in [1.54, 1.807) is 0 Å². The second kappa shape index (κ2) is 5.50. The fraction of sp³-hybridized carbons (Fsp3) is 0.667. The molecule has 1 saturated carbocycles. The van der Waals surface area contributed by atoms with Crippen LogP contribution in [-0.2, 0) is 9.59 Å². The molecule has 1 saturated heterocycles. The van der Waals surface area contributed by atoms with Crippen LogP contribution in [0.2, 0.25) is 0 Å². The monoisotopic (exact) mass is 290 g/mol. The maximum Gasteiger partial charge on any atom is 0.252 e. The van der Waals surface area contributed by atoms with Crippen molar-refractivity contribution in [2.75, 3.05) is 5.32 Å². The summed E-state index contributed by atoms with van der Waals surface area (Å²) in [6.07, 6.45) is 5.59. The van der Waals surface area contributed by atoms with E-state index in [1.165, 1.54) is 11.3 Å². The van der Waals surface area contributed by atoms with Crippen LogP contribution in [0, 0.1) is 13.8 Å². The predicted molar refractivity (Wildman–Crippen MR) is 78.8 cm³/mol. The van der Waals surface area contributed by atoms with Gasteiger partial charge in [0, 0.05) is 6.04 Å². The molecule has 3 rings (SSSR count). The molecule has 6 nitrogen and oxygen atoms in total. The van der Waals surface area contributed by atoms with Gasteiger partial charge in [-0.15, -0.1) is 0 Å². The largest absolute Gasteiger partial charge is 0.370 e.